The van der Waals surface area contributed by atoms with Crippen LogP contribution < -0.4 is 0 Å². The summed E-state index contributed by atoms with van der Waals surface area (Å²) < 4.78 is 6.72. The molecule has 5 heteroatoms. The summed E-state index contributed by atoms with van der Waals surface area (Å²) in [6.45, 7) is 4.20. The molecule has 1 heterocycles. The lowest BCUT2D eigenvalue weighted by atomic mass is 10.5. The summed E-state index contributed by atoms with van der Waals surface area (Å²) in [7, 11) is 0. The van der Waals surface area contributed by atoms with Crippen LogP contribution in [0.25, 0.3) is 0 Å². The van der Waals surface area contributed by atoms with E-state index < -0.39 is 0 Å². The zero-order valence-electron chi connectivity index (χ0n) is 7.06. The monoisotopic (exact) mass is 166 g/mol. The van der Waals surface area contributed by atoms with Gasteiger partial charge in [-0.1, -0.05) is 0 Å². The van der Waals surface area contributed by atoms with Gasteiger partial charge in [0, 0.05) is 0 Å². The summed E-state index contributed by atoms with van der Waals surface area (Å²) in [4.78, 5) is 3.72. The van der Waals surface area contributed by atoms with Gasteiger partial charge in [-0.3, -0.25) is 0 Å². The van der Waals surface area contributed by atoms with Crippen molar-refractivity contribution in [3.63, 3.8) is 0 Å². The quantitative estimate of drug-likeness (QED) is 0.657. The molecule has 0 atom stereocenters. The van der Waals surface area contributed by atoms with Crippen molar-refractivity contribution < 1.29 is 4.74 Å². The molecule has 0 saturated carbocycles. The van der Waals surface area contributed by atoms with Crippen LogP contribution >= 0.6 is 0 Å². The molecule has 0 aliphatic carbocycles. The smallest absolute Gasteiger partial charge is 0.252 e. The Morgan fingerprint density at radius 1 is 1.75 bits per heavy atom. The molecule has 0 bridgehead atoms. The van der Waals surface area contributed by atoms with Crippen molar-refractivity contribution in [1.29, 1.82) is 5.26 Å². The van der Waals surface area contributed by atoms with E-state index in [4.69, 9.17) is 10.00 Å². The third-order valence-electron chi connectivity index (χ3n) is 1.18. The Labute approximate surface area is 70.6 Å². The second-order valence-electron chi connectivity index (χ2n) is 2.56. The van der Waals surface area contributed by atoms with Gasteiger partial charge in [0.1, 0.15) is 19.1 Å². The number of ether oxygens (including phenoxy) is 1. The second kappa shape index (κ2) is 3.83. The number of rotatable bonds is 3. The van der Waals surface area contributed by atoms with Crippen LogP contribution in [0.4, 0.5) is 0 Å². The average molecular weight is 166 g/mol. The zero-order valence-corrected chi connectivity index (χ0v) is 7.06. The van der Waals surface area contributed by atoms with Crippen LogP contribution in [-0.4, -0.2) is 20.9 Å². The largest absolute Gasteiger partial charge is 0.357 e. The first-order valence-corrected chi connectivity index (χ1v) is 3.63. The minimum Gasteiger partial charge on any atom is -0.357 e. The van der Waals surface area contributed by atoms with Crippen LogP contribution in [0.5, 0.6) is 0 Å². The number of aromatic nitrogens is 3. The normalized spacial score (nSPS) is 10.2. The van der Waals surface area contributed by atoms with Crippen molar-refractivity contribution in [3.8, 4) is 6.07 Å². The number of hydrogen-bond donors (Lipinski definition) is 0. The van der Waals surface area contributed by atoms with Crippen LogP contribution in [0, 0.1) is 11.3 Å². The molecule has 12 heavy (non-hydrogen) atoms. The Hall–Kier alpha value is -1.41. The molecule has 0 unspecified atom stereocenters. The van der Waals surface area contributed by atoms with Gasteiger partial charge in [-0.25, -0.2) is 9.67 Å². The predicted molar refractivity (Wildman–Crippen MR) is 41.0 cm³/mol. The molecule has 0 aliphatic rings. The summed E-state index contributed by atoms with van der Waals surface area (Å²) in [5, 5.41) is 12.2. The number of nitrogens with zero attached hydrogens (tertiary/aromatic N) is 4. The predicted octanol–water partition coefficient (Wildman–Crippen LogP) is 0.532. The maximum Gasteiger partial charge on any atom is 0.252 e. The van der Waals surface area contributed by atoms with Crippen LogP contribution in [0.3, 0.4) is 0 Å². The van der Waals surface area contributed by atoms with E-state index in [1.54, 1.807) is 0 Å². The minimum atomic E-state index is 0.153. The zero-order chi connectivity index (χ0) is 8.97. The van der Waals surface area contributed by atoms with Crippen LogP contribution in [0.15, 0.2) is 6.33 Å². The Morgan fingerprint density at radius 3 is 3.00 bits per heavy atom. The topological polar surface area (TPSA) is 63.7 Å². The SMILES string of the molecule is CC(C)OCn1cnc(C#N)n1. The number of hydrogen-bond acceptors (Lipinski definition) is 4. The standard InChI is InChI=1S/C7H10N4O/c1-6(2)12-5-11-4-9-7(3-8)10-11/h4,6H,5H2,1-2H3. The molecule has 0 amide bonds. The van der Waals surface area contributed by atoms with Crippen LogP contribution in [0.1, 0.15) is 19.7 Å². The van der Waals surface area contributed by atoms with E-state index in [1.807, 2.05) is 19.9 Å². The second-order valence-corrected chi connectivity index (χ2v) is 2.56. The molecule has 0 fully saturated rings. The summed E-state index contributed by atoms with van der Waals surface area (Å²) in [5.74, 6) is 0.169. The first-order chi connectivity index (χ1) is 5.72. The van der Waals surface area contributed by atoms with Crippen molar-refractivity contribution in [3.05, 3.63) is 12.2 Å². The maximum absolute atomic E-state index is 8.40. The van der Waals surface area contributed by atoms with Gasteiger partial charge < -0.3 is 4.74 Å². The van der Waals surface area contributed by atoms with E-state index >= 15 is 0 Å². The molecule has 0 radical (unpaired) electrons. The van der Waals surface area contributed by atoms with Gasteiger partial charge in [-0.2, -0.15) is 5.26 Å². The van der Waals surface area contributed by atoms with Crippen LogP contribution in [0.2, 0.25) is 0 Å². The molecule has 0 aliphatic heterocycles. The fourth-order valence-corrected chi connectivity index (χ4v) is 0.634. The molecule has 0 N–H and O–H groups in total. The molecule has 1 aromatic rings. The lowest BCUT2D eigenvalue weighted by Gasteiger charge is -2.05. The van der Waals surface area contributed by atoms with E-state index in [2.05, 4.69) is 10.1 Å². The van der Waals surface area contributed by atoms with E-state index in [0.717, 1.165) is 0 Å². The molecule has 1 rings (SSSR count). The molecular formula is C7H10N4O. The van der Waals surface area contributed by atoms with Crippen molar-refractivity contribution >= 4 is 0 Å². The van der Waals surface area contributed by atoms with E-state index in [9.17, 15) is 0 Å². The fourth-order valence-electron chi connectivity index (χ4n) is 0.634. The fraction of sp³-hybridized carbons (Fsp3) is 0.571. The summed E-state index contributed by atoms with van der Waals surface area (Å²) in [6.07, 6.45) is 1.63. The molecular weight excluding hydrogens is 156 g/mol. The highest BCUT2D eigenvalue weighted by atomic mass is 16.5. The first kappa shape index (κ1) is 8.68. The van der Waals surface area contributed by atoms with Gasteiger partial charge in [0.15, 0.2) is 0 Å². The van der Waals surface area contributed by atoms with E-state index in [1.165, 1.54) is 11.0 Å². The third kappa shape index (κ3) is 2.32. The van der Waals surface area contributed by atoms with Crippen molar-refractivity contribution in [2.45, 2.75) is 26.7 Å². The lowest BCUT2D eigenvalue weighted by Crippen LogP contribution is -2.08. The van der Waals surface area contributed by atoms with Crippen molar-refractivity contribution in [2.24, 2.45) is 0 Å². The Bertz CT molecular complexity index is 286. The van der Waals surface area contributed by atoms with Gasteiger partial charge >= 0.3 is 0 Å². The highest BCUT2D eigenvalue weighted by Gasteiger charge is 1.99. The summed E-state index contributed by atoms with van der Waals surface area (Å²) in [6, 6.07) is 1.84. The van der Waals surface area contributed by atoms with Crippen molar-refractivity contribution in [1.82, 2.24) is 14.8 Å². The first-order valence-electron chi connectivity index (χ1n) is 3.63. The van der Waals surface area contributed by atoms with E-state index in [-0.39, 0.29) is 11.9 Å². The van der Waals surface area contributed by atoms with Gasteiger partial charge in [0.2, 0.25) is 0 Å². The lowest BCUT2D eigenvalue weighted by molar-refractivity contribution is 0.0218. The Balaban J connectivity index is 2.48. The van der Waals surface area contributed by atoms with Crippen molar-refractivity contribution in [2.75, 3.05) is 0 Å². The molecule has 0 saturated heterocycles. The van der Waals surface area contributed by atoms with Gasteiger partial charge in [-0.15, -0.1) is 5.10 Å². The molecule has 0 spiro atoms. The highest BCUT2D eigenvalue weighted by molar-refractivity contribution is 5.05. The highest BCUT2D eigenvalue weighted by Crippen LogP contribution is 1.92. The average Bonchev–Trinajstić information content (AvgIpc) is 2.48. The maximum atomic E-state index is 8.40. The molecule has 0 aromatic carbocycles. The Kier molecular flexibility index (Phi) is 2.77. The van der Waals surface area contributed by atoms with Gasteiger partial charge in [0.05, 0.1) is 6.10 Å². The van der Waals surface area contributed by atoms with Gasteiger partial charge in [0.25, 0.3) is 5.82 Å². The Morgan fingerprint density at radius 2 is 2.50 bits per heavy atom. The third-order valence-corrected chi connectivity index (χ3v) is 1.18. The molecule has 64 valence electrons. The summed E-state index contributed by atoms with van der Waals surface area (Å²) in [5.41, 5.74) is 0. The van der Waals surface area contributed by atoms with Crippen LogP contribution in [-0.2, 0) is 11.5 Å². The number of nitriles is 1. The summed E-state index contributed by atoms with van der Waals surface area (Å²) >= 11 is 0. The molecule has 5 nitrogen and oxygen atoms in total. The molecule has 1 aromatic heterocycles. The van der Waals surface area contributed by atoms with Gasteiger partial charge in [-0.05, 0) is 13.8 Å². The minimum absolute atomic E-state index is 0.153. The van der Waals surface area contributed by atoms with E-state index in [0.29, 0.717) is 6.73 Å².